The third-order valence-corrected chi connectivity index (χ3v) is 5.63. The molecule has 1 aliphatic rings. The Morgan fingerprint density at radius 2 is 1.93 bits per heavy atom. The molecule has 0 bridgehead atoms. The van der Waals surface area contributed by atoms with Crippen molar-refractivity contribution in [2.24, 2.45) is 5.73 Å². The number of aromatic hydroxyl groups is 1. The first-order valence-electron chi connectivity index (χ1n) is 10.1. The quantitative estimate of drug-likeness (QED) is 0.724. The molecular weight excluding hydrogens is 350 g/mol. The number of nitrogens with two attached hydrogens (primary N) is 1. The van der Waals surface area contributed by atoms with Gasteiger partial charge in [0.25, 0.3) is 0 Å². The van der Waals surface area contributed by atoms with Gasteiger partial charge in [-0.3, -0.25) is 0 Å². The molecule has 0 unspecified atom stereocenters. The van der Waals surface area contributed by atoms with E-state index in [0.29, 0.717) is 12.1 Å². The topological polar surface area (TPSA) is 80.4 Å². The molecule has 1 aromatic heterocycles. The predicted octanol–water partition coefficient (Wildman–Crippen LogP) is 4.12. The Bertz CT molecular complexity index is 806. The van der Waals surface area contributed by atoms with E-state index in [-0.39, 0.29) is 11.3 Å². The van der Waals surface area contributed by atoms with E-state index in [4.69, 9.17) is 10.5 Å². The summed E-state index contributed by atoms with van der Waals surface area (Å²) >= 11 is 0. The number of rotatable bonds is 5. The zero-order valence-corrected chi connectivity index (χ0v) is 17.5. The van der Waals surface area contributed by atoms with Crippen molar-refractivity contribution in [3.63, 3.8) is 0 Å². The average molecular weight is 384 g/mol. The van der Waals surface area contributed by atoms with E-state index in [9.17, 15) is 5.11 Å². The first-order chi connectivity index (χ1) is 13.3. The van der Waals surface area contributed by atoms with E-state index in [1.165, 1.54) is 0 Å². The largest absolute Gasteiger partial charge is 0.496 e. The van der Waals surface area contributed by atoms with Gasteiger partial charge in [0.05, 0.1) is 7.11 Å². The van der Waals surface area contributed by atoms with Gasteiger partial charge in [-0.1, -0.05) is 20.8 Å². The van der Waals surface area contributed by atoms with Crippen molar-refractivity contribution < 1.29 is 9.84 Å². The summed E-state index contributed by atoms with van der Waals surface area (Å²) in [4.78, 5) is 4.04. The fourth-order valence-electron chi connectivity index (χ4n) is 3.97. The molecule has 1 heterocycles. The summed E-state index contributed by atoms with van der Waals surface area (Å²) in [6, 6.07) is 8.79. The minimum Gasteiger partial charge on any atom is -0.496 e. The van der Waals surface area contributed by atoms with Crippen LogP contribution in [0.1, 0.15) is 57.6 Å². The number of hydrogen-bond acceptors (Lipinski definition) is 5. The first-order valence-corrected chi connectivity index (χ1v) is 10.1. The molecule has 1 saturated carbocycles. The summed E-state index contributed by atoms with van der Waals surface area (Å²) in [6.45, 7) is 7.26. The van der Waals surface area contributed by atoms with Crippen molar-refractivity contribution in [1.29, 1.82) is 0 Å². The number of benzene rings is 1. The van der Waals surface area contributed by atoms with Gasteiger partial charge in [-0.2, -0.15) is 0 Å². The van der Waals surface area contributed by atoms with E-state index >= 15 is 0 Å². The lowest BCUT2D eigenvalue weighted by Crippen LogP contribution is -2.37. The molecule has 0 spiro atoms. The van der Waals surface area contributed by atoms with Gasteiger partial charge >= 0.3 is 0 Å². The first kappa shape index (κ1) is 20.6. The number of methoxy groups -OCH3 is 1. The summed E-state index contributed by atoms with van der Waals surface area (Å²) in [5, 5.41) is 14.0. The van der Waals surface area contributed by atoms with E-state index < -0.39 is 0 Å². The van der Waals surface area contributed by atoms with E-state index in [1.807, 2.05) is 12.1 Å². The van der Waals surface area contributed by atoms with Gasteiger partial charge in [0.15, 0.2) is 0 Å². The van der Waals surface area contributed by atoms with Crippen LogP contribution < -0.4 is 15.8 Å². The van der Waals surface area contributed by atoms with Gasteiger partial charge in [0.2, 0.25) is 5.88 Å². The van der Waals surface area contributed by atoms with E-state index in [0.717, 1.165) is 60.2 Å². The van der Waals surface area contributed by atoms with Crippen LogP contribution in [0.15, 0.2) is 30.5 Å². The zero-order valence-electron chi connectivity index (χ0n) is 17.5. The molecule has 0 aliphatic heterocycles. The molecule has 1 aromatic carbocycles. The Morgan fingerprint density at radius 1 is 1.21 bits per heavy atom. The highest BCUT2D eigenvalue weighted by molar-refractivity contribution is 5.71. The molecule has 5 nitrogen and oxygen atoms in total. The van der Waals surface area contributed by atoms with Crippen molar-refractivity contribution in [2.75, 3.05) is 7.11 Å². The van der Waals surface area contributed by atoms with Gasteiger partial charge in [0.1, 0.15) is 5.75 Å². The average Bonchev–Trinajstić information content (AvgIpc) is 2.66. The SMILES string of the molecule is COc1c(CN[C@H]2CC[C@H](N)CC2)cc(-c2cccnc2O)cc1C(C)(C)C. The molecule has 3 rings (SSSR count). The van der Waals surface area contributed by atoms with Crippen molar-refractivity contribution in [3.8, 4) is 22.8 Å². The van der Waals surface area contributed by atoms with Crippen LogP contribution in [0.4, 0.5) is 0 Å². The summed E-state index contributed by atoms with van der Waals surface area (Å²) in [5.41, 5.74) is 9.86. The highest BCUT2D eigenvalue weighted by Crippen LogP contribution is 2.39. The van der Waals surface area contributed by atoms with Crippen LogP contribution in [0.3, 0.4) is 0 Å². The molecule has 1 fully saturated rings. The number of nitrogens with one attached hydrogen (secondary N) is 1. The maximum atomic E-state index is 10.3. The second-order valence-electron chi connectivity index (χ2n) is 8.83. The second kappa shape index (κ2) is 8.50. The van der Waals surface area contributed by atoms with Crippen LogP contribution in [0.2, 0.25) is 0 Å². The molecule has 28 heavy (non-hydrogen) atoms. The van der Waals surface area contributed by atoms with Crippen molar-refractivity contribution in [1.82, 2.24) is 10.3 Å². The van der Waals surface area contributed by atoms with Crippen LogP contribution >= 0.6 is 0 Å². The fraction of sp³-hybridized carbons (Fsp3) is 0.522. The minimum atomic E-state index is -0.0917. The van der Waals surface area contributed by atoms with Crippen molar-refractivity contribution >= 4 is 0 Å². The van der Waals surface area contributed by atoms with Crippen molar-refractivity contribution in [2.45, 2.75) is 70.5 Å². The molecule has 4 N–H and O–H groups in total. The van der Waals surface area contributed by atoms with E-state index in [1.54, 1.807) is 13.3 Å². The summed E-state index contributed by atoms with van der Waals surface area (Å²) < 4.78 is 5.84. The molecule has 0 saturated heterocycles. The lowest BCUT2D eigenvalue weighted by molar-refractivity contribution is 0.337. The van der Waals surface area contributed by atoms with Gasteiger partial charge in [-0.25, -0.2) is 4.98 Å². The number of nitrogens with zero attached hydrogens (tertiary/aromatic N) is 1. The highest BCUT2D eigenvalue weighted by atomic mass is 16.5. The number of aromatic nitrogens is 1. The normalized spacial score (nSPS) is 20.2. The Balaban J connectivity index is 1.97. The third kappa shape index (κ3) is 4.65. The van der Waals surface area contributed by atoms with Gasteiger partial charge in [0, 0.05) is 41.5 Å². The maximum absolute atomic E-state index is 10.3. The fourth-order valence-corrected chi connectivity index (χ4v) is 3.97. The minimum absolute atomic E-state index is 0.0488. The predicted molar refractivity (Wildman–Crippen MR) is 114 cm³/mol. The lowest BCUT2D eigenvalue weighted by atomic mass is 9.83. The van der Waals surface area contributed by atoms with Crippen molar-refractivity contribution in [3.05, 3.63) is 41.6 Å². The zero-order chi connectivity index (χ0) is 20.3. The molecule has 0 radical (unpaired) electrons. The monoisotopic (exact) mass is 383 g/mol. The second-order valence-corrected chi connectivity index (χ2v) is 8.83. The number of ether oxygens (including phenoxy) is 1. The molecule has 0 atom stereocenters. The Kier molecular flexibility index (Phi) is 6.26. The van der Waals surface area contributed by atoms with Crippen LogP contribution in [0.25, 0.3) is 11.1 Å². The highest BCUT2D eigenvalue weighted by Gasteiger charge is 2.24. The smallest absolute Gasteiger partial charge is 0.218 e. The molecular formula is C23H33N3O2. The lowest BCUT2D eigenvalue weighted by Gasteiger charge is -2.29. The van der Waals surface area contributed by atoms with Gasteiger partial charge in [-0.05, 0) is 60.9 Å². The molecule has 0 amide bonds. The maximum Gasteiger partial charge on any atom is 0.218 e. The van der Waals surface area contributed by atoms with Crippen LogP contribution in [0.5, 0.6) is 11.6 Å². The van der Waals surface area contributed by atoms with Gasteiger partial charge in [-0.15, -0.1) is 0 Å². The summed E-state index contributed by atoms with van der Waals surface area (Å²) in [7, 11) is 1.73. The van der Waals surface area contributed by atoms with Crippen LogP contribution in [-0.4, -0.2) is 29.3 Å². The Hall–Kier alpha value is -2.11. The summed E-state index contributed by atoms with van der Waals surface area (Å²) in [6.07, 6.45) is 5.97. The molecule has 152 valence electrons. The van der Waals surface area contributed by atoms with Gasteiger partial charge < -0.3 is 20.9 Å². The van der Waals surface area contributed by atoms with E-state index in [2.05, 4.69) is 43.2 Å². The van der Waals surface area contributed by atoms with Crippen LogP contribution in [0, 0.1) is 0 Å². The third-order valence-electron chi connectivity index (χ3n) is 5.63. The Labute approximate surface area is 168 Å². The number of pyridine rings is 1. The number of hydrogen-bond donors (Lipinski definition) is 3. The Morgan fingerprint density at radius 3 is 2.54 bits per heavy atom. The molecule has 1 aliphatic carbocycles. The molecule has 5 heteroatoms. The standard InChI is InChI=1S/C23H33N3O2/c1-23(2,3)20-13-15(19-6-5-11-25-22(19)27)12-16(21(20)28-4)14-26-18-9-7-17(24)8-10-18/h5-6,11-13,17-18,26H,7-10,14,24H2,1-4H3,(H,25,27)/t17-,18-. The molecule has 2 aromatic rings. The van der Waals surface area contributed by atoms with Crippen LogP contribution in [-0.2, 0) is 12.0 Å². The summed E-state index contributed by atoms with van der Waals surface area (Å²) in [5.74, 6) is 0.965.